The van der Waals surface area contributed by atoms with E-state index >= 15 is 0 Å². The van der Waals surface area contributed by atoms with E-state index in [1.165, 1.54) is 30.3 Å². The van der Waals surface area contributed by atoms with Crippen LogP contribution >= 0.6 is 11.8 Å². The first-order chi connectivity index (χ1) is 11.5. The van der Waals surface area contributed by atoms with E-state index in [9.17, 15) is 14.9 Å². The molecule has 0 aliphatic carbocycles. The molecule has 1 amide bonds. The van der Waals surface area contributed by atoms with Crippen LogP contribution in [-0.2, 0) is 4.79 Å². The molecule has 24 heavy (non-hydrogen) atoms. The zero-order valence-electron chi connectivity index (χ0n) is 13.9. The first-order valence-electron chi connectivity index (χ1n) is 8.40. The standard InChI is InChI=1S/C17H23N3O3S/c1-13(24-15-4-2-14(3-5-15)20(22)23)16(21)19-10-7-17(8-11-19)6-9-18-12-17/h2-5,13,18H,6-12H2,1H3. The summed E-state index contributed by atoms with van der Waals surface area (Å²) in [5.74, 6) is 0.166. The van der Waals surface area contributed by atoms with Gasteiger partial charge in [0, 0.05) is 36.7 Å². The van der Waals surface area contributed by atoms with Gasteiger partial charge in [-0.25, -0.2) is 0 Å². The Morgan fingerprint density at radius 3 is 2.50 bits per heavy atom. The summed E-state index contributed by atoms with van der Waals surface area (Å²) >= 11 is 1.46. The number of benzene rings is 1. The lowest BCUT2D eigenvalue weighted by molar-refractivity contribution is -0.384. The molecule has 2 fully saturated rings. The van der Waals surface area contributed by atoms with Gasteiger partial charge in [0.1, 0.15) is 0 Å². The Hall–Kier alpha value is -1.60. The number of thioether (sulfide) groups is 1. The third kappa shape index (κ3) is 3.72. The molecule has 2 aliphatic rings. The van der Waals surface area contributed by atoms with E-state index in [4.69, 9.17) is 0 Å². The van der Waals surface area contributed by atoms with Crippen LogP contribution in [0.1, 0.15) is 26.2 Å². The minimum atomic E-state index is -0.412. The number of carbonyl (C=O) groups excluding carboxylic acids is 1. The minimum Gasteiger partial charge on any atom is -0.342 e. The Bertz CT molecular complexity index is 604. The molecule has 2 heterocycles. The quantitative estimate of drug-likeness (QED) is 0.514. The highest BCUT2D eigenvalue weighted by atomic mass is 32.2. The molecule has 1 aromatic rings. The summed E-state index contributed by atoms with van der Waals surface area (Å²) in [7, 11) is 0. The predicted molar refractivity (Wildman–Crippen MR) is 94.1 cm³/mol. The molecule has 6 nitrogen and oxygen atoms in total. The number of hydrogen-bond donors (Lipinski definition) is 1. The van der Waals surface area contributed by atoms with Crippen LogP contribution in [-0.4, -0.2) is 47.2 Å². The average Bonchev–Trinajstić information content (AvgIpc) is 3.03. The third-order valence-electron chi connectivity index (χ3n) is 5.18. The van der Waals surface area contributed by atoms with Gasteiger partial charge in [0.2, 0.25) is 5.91 Å². The molecule has 1 aromatic carbocycles. The van der Waals surface area contributed by atoms with Gasteiger partial charge in [-0.1, -0.05) is 0 Å². The fourth-order valence-corrected chi connectivity index (χ4v) is 4.53. The summed E-state index contributed by atoms with van der Waals surface area (Å²) in [5.41, 5.74) is 0.482. The predicted octanol–water partition coefficient (Wildman–Crippen LogP) is 2.68. The fourth-order valence-electron chi connectivity index (χ4n) is 3.58. The van der Waals surface area contributed by atoms with Gasteiger partial charge in [-0.05, 0) is 50.3 Å². The van der Waals surface area contributed by atoms with Crippen molar-refractivity contribution in [3.8, 4) is 0 Å². The van der Waals surface area contributed by atoms with E-state index in [-0.39, 0.29) is 16.8 Å². The Balaban J connectivity index is 1.54. The first kappa shape index (κ1) is 17.2. The summed E-state index contributed by atoms with van der Waals surface area (Å²) in [6.07, 6.45) is 3.39. The molecule has 0 radical (unpaired) electrons. The minimum absolute atomic E-state index is 0.0739. The second kappa shape index (κ2) is 7.11. The van der Waals surface area contributed by atoms with Crippen molar-refractivity contribution in [1.29, 1.82) is 0 Å². The summed E-state index contributed by atoms with van der Waals surface area (Å²) in [5, 5.41) is 13.9. The van der Waals surface area contributed by atoms with E-state index < -0.39 is 4.92 Å². The molecule has 2 aliphatic heterocycles. The van der Waals surface area contributed by atoms with Crippen LogP contribution in [0.25, 0.3) is 0 Å². The second-order valence-corrected chi connectivity index (χ2v) is 8.18. The lowest BCUT2D eigenvalue weighted by atomic mass is 9.78. The number of nitro groups is 1. The van der Waals surface area contributed by atoms with Crippen LogP contribution in [0.3, 0.4) is 0 Å². The number of nitrogens with one attached hydrogen (secondary N) is 1. The van der Waals surface area contributed by atoms with Crippen molar-refractivity contribution in [2.75, 3.05) is 26.2 Å². The van der Waals surface area contributed by atoms with Crippen LogP contribution in [0, 0.1) is 15.5 Å². The Morgan fingerprint density at radius 1 is 1.29 bits per heavy atom. The SMILES string of the molecule is CC(Sc1ccc([N+](=O)[O-])cc1)C(=O)N1CCC2(CCNC2)CC1. The van der Waals surface area contributed by atoms with E-state index in [0.717, 1.165) is 43.9 Å². The maximum atomic E-state index is 12.7. The maximum absolute atomic E-state index is 12.7. The first-order valence-corrected chi connectivity index (χ1v) is 9.28. The molecule has 7 heteroatoms. The zero-order valence-corrected chi connectivity index (χ0v) is 14.7. The van der Waals surface area contributed by atoms with Gasteiger partial charge >= 0.3 is 0 Å². The number of amides is 1. The monoisotopic (exact) mass is 349 g/mol. The molecular weight excluding hydrogens is 326 g/mol. The summed E-state index contributed by atoms with van der Waals surface area (Å²) in [6.45, 7) is 5.77. The van der Waals surface area contributed by atoms with E-state index in [2.05, 4.69) is 5.32 Å². The Morgan fingerprint density at radius 2 is 1.96 bits per heavy atom. The fraction of sp³-hybridized carbons (Fsp3) is 0.588. The van der Waals surface area contributed by atoms with Gasteiger partial charge in [-0.3, -0.25) is 14.9 Å². The molecular formula is C17H23N3O3S. The largest absolute Gasteiger partial charge is 0.342 e. The smallest absolute Gasteiger partial charge is 0.269 e. The van der Waals surface area contributed by atoms with Crippen LogP contribution in [0.15, 0.2) is 29.2 Å². The highest BCUT2D eigenvalue weighted by molar-refractivity contribution is 8.00. The van der Waals surface area contributed by atoms with Gasteiger partial charge in [-0.15, -0.1) is 11.8 Å². The highest BCUT2D eigenvalue weighted by Gasteiger charge is 2.38. The van der Waals surface area contributed by atoms with Gasteiger partial charge < -0.3 is 10.2 Å². The van der Waals surface area contributed by atoms with Crippen molar-refractivity contribution < 1.29 is 9.72 Å². The Kier molecular flexibility index (Phi) is 5.10. The molecule has 1 atom stereocenters. The van der Waals surface area contributed by atoms with Crippen molar-refractivity contribution in [2.45, 2.75) is 36.3 Å². The van der Waals surface area contributed by atoms with Crippen LogP contribution in [0.4, 0.5) is 5.69 Å². The number of carbonyl (C=O) groups is 1. The van der Waals surface area contributed by atoms with Crippen LogP contribution in [0.5, 0.6) is 0 Å². The summed E-state index contributed by atoms with van der Waals surface area (Å²) < 4.78 is 0. The molecule has 0 aromatic heterocycles. The van der Waals surface area contributed by atoms with E-state index in [1.807, 2.05) is 11.8 Å². The lowest BCUT2D eigenvalue weighted by Gasteiger charge is -2.39. The molecule has 130 valence electrons. The molecule has 1 N–H and O–H groups in total. The van der Waals surface area contributed by atoms with Crippen molar-refractivity contribution >= 4 is 23.4 Å². The van der Waals surface area contributed by atoms with Gasteiger partial charge in [0.05, 0.1) is 10.2 Å². The normalized spacial score (nSPS) is 21.0. The molecule has 1 unspecified atom stereocenters. The van der Waals surface area contributed by atoms with E-state index in [0.29, 0.717) is 5.41 Å². The van der Waals surface area contributed by atoms with E-state index in [1.54, 1.807) is 12.1 Å². The van der Waals surface area contributed by atoms with Crippen molar-refractivity contribution in [3.63, 3.8) is 0 Å². The third-order valence-corrected chi connectivity index (χ3v) is 6.28. The van der Waals surface area contributed by atoms with Crippen molar-refractivity contribution in [3.05, 3.63) is 34.4 Å². The van der Waals surface area contributed by atoms with Gasteiger partial charge in [-0.2, -0.15) is 0 Å². The number of likely N-dealkylation sites (tertiary alicyclic amines) is 1. The van der Waals surface area contributed by atoms with Gasteiger partial charge in [0.15, 0.2) is 0 Å². The molecule has 0 saturated carbocycles. The molecule has 1 spiro atoms. The number of nitrogens with zero attached hydrogens (tertiary/aromatic N) is 2. The summed E-state index contributed by atoms with van der Waals surface area (Å²) in [6, 6.07) is 6.39. The number of hydrogen-bond acceptors (Lipinski definition) is 5. The Labute approximate surface area is 146 Å². The molecule has 0 bridgehead atoms. The van der Waals surface area contributed by atoms with Crippen LogP contribution in [0.2, 0.25) is 0 Å². The number of nitro benzene ring substituents is 1. The second-order valence-electron chi connectivity index (χ2n) is 6.76. The lowest BCUT2D eigenvalue weighted by Crippen LogP contribution is -2.46. The number of piperidine rings is 1. The molecule has 3 rings (SSSR count). The number of rotatable bonds is 4. The maximum Gasteiger partial charge on any atom is 0.269 e. The van der Waals surface area contributed by atoms with Crippen molar-refractivity contribution in [2.24, 2.45) is 5.41 Å². The van der Waals surface area contributed by atoms with Gasteiger partial charge in [0.25, 0.3) is 5.69 Å². The molecule has 2 saturated heterocycles. The highest BCUT2D eigenvalue weighted by Crippen LogP contribution is 2.37. The number of non-ortho nitro benzene ring substituents is 1. The van der Waals surface area contributed by atoms with Crippen molar-refractivity contribution in [1.82, 2.24) is 10.2 Å². The zero-order chi connectivity index (χ0) is 17.2. The van der Waals surface area contributed by atoms with Crippen LogP contribution < -0.4 is 5.32 Å². The summed E-state index contributed by atoms with van der Waals surface area (Å²) in [4.78, 5) is 25.8. The average molecular weight is 349 g/mol. The topological polar surface area (TPSA) is 75.5 Å².